The summed E-state index contributed by atoms with van der Waals surface area (Å²) in [5.41, 5.74) is 5.42. The second-order valence-corrected chi connectivity index (χ2v) is 15.8. The Morgan fingerprint density at radius 3 is 1.85 bits per heavy atom. The predicted molar refractivity (Wildman–Crippen MR) is 253 cm³/mol. The number of para-hydroxylation sites is 2. The van der Waals surface area contributed by atoms with Gasteiger partial charge in [-0.3, -0.25) is 9.59 Å². The number of likely N-dealkylation sites (tertiary alicyclic amines) is 1. The number of hydrogen-bond donors (Lipinski definition) is 4. The summed E-state index contributed by atoms with van der Waals surface area (Å²) in [6.07, 6.45) is -0.852. The van der Waals surface area contributed by atoms with Gasteiger partial charge in [-0.1, -0.05) is 115 Å². The standard InChI is InChI=1S/C52H54N6O7/c1-55(50(61)42-18-12-17-41(37-42)49(60)54-32-31-53-30-27-38-23-25-43(59)26-24-38)35-36-56-33-28-44(29-34-56)65-52(64)58(48-22-11-9-20-46(48)40-15-6-3-7-16-40)57(51(62)63)47-21-10-8-19-45(47)39-13-4-2-5-14-39/h2-26,37,44,53,59H,27-36H2,1H3,(H,54,60)(H,62,63). The van der Waals surface area contributed by atoms with Gasteiger partial charge in [-0.05, 0) is 85.0 Å². The van der Waals surface area contributed by atoms with Crippen molar-refractivity contribution >= 4 is 35.4 Å². The van der Waals surface area contributed by atoms with E-state index in [2.05, 4.69) is 15.5 Å². The molecule has 0 unspecified atom stereocenters. The van der Waals surface area contributed by atoms with Gasteiger partial charge >= 0.3 is 12.2 Å². The zero-order chi connectivity index (χ0) is 45.5. The summed E-state index contributed by atoms with van der Waals surface area (Å²) in [5, 5.41) is 28.7. The van der Waals surface area contributed by atoms with Crippen LogP contribution in [0.15, 0.2) is 158 Å². The van der Waals surface area contributed by atoms with Crippen molar-refractivity contribution in [3.63, 3.8) is 0 Å². The molecule has 6 aromatic rings. The summed E-state index contributed by atoms with van der Waals surface area (Å²) in [7, 11) is 1.74. The summed E-state index contributed by atoms with van der Waals surface area (Å²) in [4.78, 5) is 58.3. The van der Waals surface area contributed by atoms with Crippen molar-refractivity contribution in [3.8, 4) is 28.0 Å². The normalized spacial score (nSPS) is 12.8. The monoisotopic (exact) mass is 874 g/mol. The van der Waals surface area contributed by atoms with Crippen LogP contribution in [-0.4, -0.2) is 103 Å². The number of hydrazine groups is 1. The highest BCUT2D eigenvalue weighted by Crippen LogP contribution is 2.38. The van der Waals surface area contributed by atoms with E-state index >= 15 is 0 Å². The molecule has 1 saturated heterocycles. The van der Waals surface area contributed by atoms with Crippen molar-refractivity contribution in [2.45, 2.75) is 25.4 Å². The maximum atomic E-state index is 14.6. The van der Waals surface area contributed by atoms with Crippen LogP contribution in [0.25, 0.3) is 22.3 Å². The topological polar surface area (TPSA) is 155 Å². The number of phenolic OH excluding ortho intramolecular Hbond substituents is 1. The Hall–Kier alpha value is -7.48. The van der Waals surface area contributed by atoms with Gasteiger partial charge in [0.25, 0.3) is 11.8 Å². The molecule has 0 bridgehead atoms. The number of benzene rings is 6. The van der Waals surface area contributed by atoms with Gasteiger partial charge in [0, 0.05) is 68.6 Å². The highest BCUT2D eigenvalue weighted by Gasteiger charge is 2.36. The molecule has 4 N–H and O–H groups in total. The lowest BCUT2D eigenvalue weighted by Gasteiger charge is -2.37. The third-order valence-corrected chi connectivity index (χ3v) is 11.4. The van der Waals surface area contributed by atoms with Crippen LogP contribution in [0, 0.1) is 0 Å². The average molecular weight is 875 g/mol. The Morgan fingerprint density at radius 2 is 1.23 bits per heavy atom. The summed E-state index contributed by atoms with van der Waals surface area (Å²) >= 11 is 0. The van der Waals surface area contributed by atoms with Gasteiger partial charge in [0.15, 0.2) is 0 Å². The van der Waals surface area contributed by atoms with Crippen LogP contribution in [-0.2, 0) is 11.2 Å². The van der Waals surface area contributed by atoms with E-state index in [9.17, 15) is 29.4 Å². The zero-order valence-corrected chi connectivity index (χ0v) is 36.4. The second kappa shape index (κ2) is 22.2. The average Bonchev–Trinajstić information content (AvgIpc) is 3.34. The van der Waals surface area contributed by atoms with Gasteiger partial charge in [-0.2, -0.15) is 10.0 Å². The van der Waals surface area contributed by atoms with Crippen molar-refractivity contribution in [2.75, 3.05) is 62.9 Å². The van der Waals surface area contributed by atoms with E-state index in [1.807, 2.05) is 97.1 Å². The number of carbonyl (C=O) groups excluding carboxylic acids is 3. The number of rotatable bonds is 16. The summed E-state index contributed by atoms with van der Waals surface area (Å²) < 4.78 is 6.21. The Kier molecular flexibility index (Phi) is 15.6. The van der Waals surface area contributed by atoms with Crippen LogP contribution < -0.4 is 20.7 Å². The van der Waals surface area contributed by atoms with E-state index in [-0.39, 0.29) is 23.3 Å². The fraction of sp³-hybridized carbons (Fsp3) is 0.231. The number of aromatic hydroxyl groups is 1. The van der Waals surface area contributed by atoms with Gasteiger partial charge < -0.3 is 35.4 Å². The molecule has 0 radical (unpaired) electrons. The smallest absolute Gasteiger partial charge is 0.434 e. The van der Waals surface area contributed by atoms with Crippen molar-refractivity contribution < 1.29 is 34.1 Å². The number of nitrogens with zero attached hydrogens (tertiary/aromatic N) is 4. The quantitative estimate of drug-likeness (QED) is 0.0553. The van der Waals surface area contributed by atoms with Gasteiger partial charge in [0.2, 0.25) is 0 Å². The van der Waals surface area contributed by atoms with Crippen LogP contribution in [0.4, 0.5) is 21.0 Å². The largest absolute Gasteiger partial charge is 0.508 e. The van der Waals surface area contributed by atoms with Crippen molar-refractivity contribution in [1.29, 1.82) is 0 Å². The van der Waals surface area contributed by atoms with E-state index < -0.39 is 18.3 Å². The predicted octanol–water partition coefficient (Wildman–Crippen LogP) is 8.57. The summed E-state index contributed by atoms with van der Waals surface area (Å²) in [6, 6.07) is 47.0. The van der Waals surface area contributed by atoms with E-state index in [0.29, 0.717) is 80.1 Å². The minimum atomic E-state index is -1.36. The number of carboxylic acid groups (broad SMARTS) is 1. The molecule has 1 fully saturated rings. The number of likely N-dealkylation sites (N-methyl/N-ethyl adjacent to an activating group) is 1. The molecular weight excluding hydrogens is 821 g/mol. The Balaban J connectivity index is 0.952. The third kappa shape index (κ3) is 12.0. The first-order valence-corrected chi connectivity index (χ1v) is 21.8. The summed E-state index contributed by atoms with van der Waals surface area (Å²) in [5.74, 6) is -0.228. The van der Waals surface area contributed by atoms with Crippen LogP contribution in [0.1, 0.15) is 39.1 Å². The number of carbonyl (C=O) groups is 4. The van der Waals surface area contributed by atoms with Crippen LogP contribution in [0.5, 0.6) is 5.75 Å². The molecule has 1 aliphatic rings. The van der Waals surface area contributed by atoms with E-state index in [0.717, 1.165) is 39.7 Å². The molecule has 1 heterocycles. The Bertz CT molecular complexity index is 2530. The molecule has 0 saturated carbocycles. The van der Waals surface area contributed by atoms with Crippen molar-refractivity contribution in [2.24, 2.45) is 0 Å². The number of nitrogens with one attached hydrogen (secondary N) is 2. The van der Waals surface area contributed by atoms with Crippen molar-refractivity contribution in [3.05, 3.63) is 174 Å². The molecular formula is C52H54N6O7. The minimum Gasteiger partial charge on any atom is -0.508 e. The molecule has 0 aromatic heterocycles. The lowest BCUT2D eigenvalue weighted by Crippen LogP contribution is -2.52. The lowest BCUT2D eigenvalue weighted by molar-refractivity contribution is 0.0503. The zero-order valence-electron chi connectivity index (χ0n) is 36.4. The van der Waals surface area contributed by atoms with E-state index in [1.54, 1.807) is 72.6 Å². The van der Waals surface area contributed by atoms with Crippen LogP contribution in [0.3, 0.4) is 0 Å². The molecule has 7 rings (SSSR count). The Labute approximate surface area is 379 Å². The maximum absolute atomic E-state index is 14.6. The first-order chi connectivity index (χ1) is 31.7. The number of amides is 4. The molecule has 13 nitrogen and oxygen atoms in total. The van der Waals surface area contributed by atoms with Gasteiger partial charge in [0.05, 0.1) is 11.4 Å². The second-order valence-electron chi connectivity index (χ2n) is 15.8. The van der Waals surface area contributed by atoms with Gasteiger partial charge in [0.1, 0.15) is 11.9 Å². The fourth-order valence-corrected chi connectivity index (χ4v) is 7.86. The number of anilines is 2. The van der Waals surface area contributed by atoms with Gasteiger partial charge in [-0.25, -0.2) is 9.59 Å². The van der Waals surface area contributed by atoms with Crippen molar-refractivity contribution in [1.82, 2.24) is 20.4 Å². The summed E-state index contributed by atoms with van der Waals surface area (Å²) in [6.45, 7) is 3.96. The first kappa shape index (κ1) is 45.5. The fourth-order valence-electron chi connectivity index (χ4n) is 7.86. The number of hydrogen-bond acceptors (Lipinski definition) is 8. The molecule has 0 atom stereocenters. The molecule has 4 amide bonds. The molecule has 6 aromatic carbocycles. The highest BCUT2D eigenvalue weighted by molar-refractivity contribution is 6.06. The molecule has 13 heteroatoms. The number of piperidine rings is 1. The van der Waals surface area contributed by atoms with Crippen LogP contribution >= 0.6 is 0 Å². The Morgan fingerprint density at radius 1 is 0.662 bits per heavy atom. The van der Waals surface area contributed by atoms with Gasteiger partial charge in [-0.15, -0.1) is 0 Å². The maximum Gasteiger partial charge on any atom is 0.434 e. The van der Waals surface area contributed by atoms with E-state index in [4.69, 9.17) is 4.74 Å². The molecule has 334 valence electrons. The number of ether oxygens (including phenoxy) is 1. The molecule has 65 heavy (non-hydrogen) atoms. The number of phenols is 1. The molecule has 0 spiro atoms. The third-order valence-electron chi connectivity index (χ3n) is 11.4. The minimum absolute atomic E-state index is 0.202. The SMILES string of the molecule is CN(CCN1CCC(OC(=O)N(c2ccccc2-c2ccccc2)N(C(=O)O)c2ccccc2-c2ccccc2)CC1)C(=O)c1cccc(C(=O)NCCNCCc2ccc(O)cc2)c1. The highest BCUT2D eigenvalue weighted by atomic mass is 16.6. The first-order valence-electron chi connectivity index (χ1n) is 21.8. The van der Waals surface area contributed by atoms with Crippen LogP contribution in [0.2, 0.25) is 0 Å². The van der Waals surface area contributed by atoms with E-state index in [1.165, 1.54) is 0 Å². The molecule has 0 aliphatic carbocycles. The molecule has 1 aliphatic heterocycles. The lowest BCUT2D eigenvalue weighted by atomic mass is 10.0.